The predicted molar refractivity (Wildman–Crippen MR) is 106 cm³/mol. The Kier molecular flexibility index (Phi) is 3.96. The Balaban J connectivity index is 1.65. The van der Waals surface area contributed by atoms with Gasteiger partial charge in [-0.25, -0.2) is 0 Å². The van der Waals surface area contributed by atoms with Crippen molar-refractivity contribution in [1.29, 1.82) is 0 Å². The lowest BCUT2D eigenvalue weighted by Gasteiger charge is -2.43. The highest BCUT2D eigenvalue weighted by molar-refractivity contribution is 5.63. The van der Waals surface area contributed by atoms with Crippen LogP contribution in [0.3, 0.4) is 0 Å². The van der Waals surface area contributed by atoms with Crippen LogP contribution in [0.5, 0.6) is 11.5 Å². The number of nitrogens with zero attached hydrogens (tertiary/aromatic N) is 1. The number of nitrogens with one attached hydrogen (secondary N) is 1. The van der Waals surface area contributed by atoms with Crippen LogP contribution < -0.4 is 14.8 Å². The zero-order valence-corrected chi connectivity index (χ0v) is 16.1. The van der Waals surface area contributed by atoms with Crippen molar-refractivity contribution >= 4 is 11.4 Å². The Labute approximate surface area is 164 Å². The first kappa shape index (κ1) is 17.3. The lowest BCUT2D eigenvalue weighted by atomic mass is 9.68. The molecule has 2 bridgehead atoms. The molecule has 28 heavy (non-hydrogen) atoms. The van der Waals surface area contributed by atoms with Crippen molar-refractivity contribution in [2.75, 3.05) is 19.5 Å². The fourth-order valence-corrected chi connectivity index (χ4v) is 6.05. The maximum absolute atomic E-state index is 11.3. The molecule has 1 heterocycles. The van der Waals surface area contributed by atoms with Crippen LogP contribution in [-0.4, -0.2) is 19.1 Å². The van der Waals surface area contributed by atoms with Gasteiger partial charge in [0.15, 0.2) is 11.5 Å². The Morgan fingerprint density at radius 3 is 2.64 bits per heavy atom. The average Bonchev–Trinajstić information content (AvgIpc) is 3.34. The van der Waals surface area contributed by atoms with Crippen LogP contribution in [0.4, 0.5) is 11.4 Å². The summed E-state index contributed by atoms with van der Waals surface area (Å²) in [6.07, 6.45) is 3.67. The van der Waals surface area contributed by atoms with E-state index in [-0.39, 0.29) is 16.7 Å². The first-order chi connectivity index (χ1) is 13.6. The van der Waals surface area contributed by atoms with E-state index in [1.807, 2.05) is 18.2 Å². The minimum Gasteiger partial charge on any atom is -0.493 e. The SMILES string of the molecule is COc1cccc(C2Nc3ccc([N+](=O)[O-])cc3C3C4CCC(C4)C23)c1OC. The maximum Gasteiger partial charge on any atom is 0.269 e. The smallest absolute Gasteiger partial charge is 0.269 e. The maximum atomic E-state index is 11.3. The summed E-state index contributed by atoms with van der Waals surface area (Å²) in [4.78, 5) is 11.0. The lowest BCUT2D eigenvalue weighted by Crippen LogP contribution is -2.35. The largest absolute Gasteiger partial charge is 0.493 e. The average molecular weight is 380 g/mol. The van der Waals surface area contributed by atoms with E-state index in [4.69, 9.17) is 9.47 Å². The van der Waals surface area contributed by atoms with Gasteiger partial charge in [0.25, 0.3) is 5.69 Å². The molecule has 6 heteroatoms. The van der Waals surface area contributed by atoms with Gasteiger partial charge in [0.05, 0.1) is 25.2 Å². The summed E-state index contributed by atoms with van der Waals surface area (Å²) in [6, 6.07) is 11.4. The van der Waals surface area contributed by atoms with Crippen molar-refractivity contribution in [2.45, 2.75) is 31.2 Å². The van der Waals surface area contributed by atoms with Crippen molar-refractivity contribution in [3.05, 3.63) is 57.6 Å². The summed E-state index contributed by atoms with van der Waals surface area (Å²) in [7, 11) is 3.34. The molecule has 2 aromatic rings. The third kappa shape index (κ3) is 2.40. The van der Waals surface area contributed by atoms with E-state index in [9.17, 15) is 10.1 Å². The first-order valence-electron chi connectivity index (χ1n) is 9.88. The van der Waals surface area contributed by atoms with Crippen LogP contribution in [-0.2, 0) is 0 Å². The summed E-state index contributed by atoms with van der Waals surface area (Å²) in [5.41, 5.74) is 3.41. The second kappa shape index (κ2) is 6.40. The van der Waals surface area contributed by atoms with Gasteiger partial charge in [-0.05, 0) is 60.6 Å². The third-order valence-electron chi connectivity index (χ3n) is 7.05. The molecule has 0 spiro atoms. The van der Waals surface area contributed by atoms with Gasteiger partial charge in [-0.15, -0.1) is 0 Å². The van der Waals surface area contributed by atoms with Crippen molar-refractivity contribution < 1.29 is 14.4 Å². The molecule has 0 aromatic heterocycles. The second-order valence-electron chi connectivity index (χ2n) is 8.17. The van der Waals surface area contributed by atoms with Crippen LogP contribution in [0, 0.1) is 27.9 Å². The Morgan fingerprint density at radius 1 is 1.07 bits per heavy atom. The molecule has 146 valence electrons. The second-order valence-corrected chi connectivity index (χ2v) is 8.17. The molecule has 2 fully saturated rings. The summed E-state index contributed by atoms with van der Waals surface area (Å²) in [5.74, 6) is 3.52. The fourth-order valence-electron chi connectivity index (χ4n) is 6.05. The molecular weight excluding hydrogens is 356 g/mol. The number of rotatable bonds is 4. The highest BCUT2D eigenvalue weighted by Crippen LogP contribution is 2.64. The summed E-state index contributed by atoms with van der Waals surface area (Å²) in [5, 5.41) is 15.0. The van der Waals surface area contributed by atoms with Gasteiger partial charge < -0.3 is 14.8 Å². The van der Waals surface area contributed by atoms with E-state index in [0.717, 1.165) is 28.3 Å². The van der Waals surface area contributed by atoms with Crippen molar-refractivity contribution in [1.82, 2.24) is 0 Å². The molecule has 1 aliphatic heterocycles. The molecular formula is C22H24N2O4. The van der Waals surface area contributed by atoms with E-state index >= 15 is 0 Å². The third-order valence-corrected chi connectivity index (χ3v) is 7.05. The zero-order valence-electron chi connectivity index (χ0n) is 16.1. The van der Waals surface area contributed by atoms with Crippen LogP contribution in [0.25, 0.3) is 0 Å². The van der Waals surface area contributed by atoms with E-state index in [0.29, 0.717) is 23.7 Å². The zero-order chi connectivity index (χ0) is 19.4. The van der Waals surface area contributed by atoms with E-state index in [1.54, 1.807) is 26.4 Å². The standard InChI is InChI=1S/C22H24N2O4/c1-27-18-5-3-4-15(22(18)28-2)21-20-13-7-6-12(10-13)19(20)16-11-14(24(25)26)8-9-17(16)23-21/h3-5,8-9,11-13,19-21,23H,6-7,10H2,1-2H3. The van der Waals surface area contributed by atoms with Crippen molar-refractivity contribution in [3.63, 3.8) is 0 Å². The minimum absolute atomic E-state index is 0.110. The Morgan fingerprint density at radius 2 is 1.89 bits per heavy atom. The van der Waals surface area contributed by atoms with Gasteiger partial charge in [0, 0.05) is 23.4 Å². The van der Waals surface area contributed by atoms with Gasteiger partial charge in [0.2, 0.25) is 0 Å². The first-order valence-corrected chi connectivity index (χ1v) is 9.88. The van der Waals surface area contributed by atoms with Gasteiger partial charge >= 0.3 is 0 Å². The number of nitro groups is 1. The number of anilines is 1. The molecule has 5 rings (SSSR count). The molecule has 2 saturated carbocycles. The van der Waals surface area contributed by atoms with E-state index in [1.165, 1.54) is 19.3 Å². The number of fused-ring (bicyclic) bond motifs is 7. The van der Waals surface area contributed by atoms with E-state index < -0.39 is 0 Å². The number of para-hydroxylation sites is 1. The van der Waals surface area contributed by atoms with Crippen LogP contribution in [0.1, 0.15) is 42.3 Å². The molecule has 2 aliphatic carbocycles. The molecule has 2 aromatic carbocycles. The molecule has 1 N–H and O–H groups in total. The molecule has 3 aliphatic rings. The van der Waals surface area contributed by atoms with Crippen LogP contribution in [0.15, 0.2) is 36.4 Å². The molecule has 5 unspecified atom stereocenters. The summed E-state index contributed by atoms with van der Waals surface area (Å²) in [6.45, 7) is 0. The number of methoxy groups -OCH3 is 2. The van der Waals surface area contributed by atoms with Crippen molar-refractivity contribution in [2.24, 2.45) is 17.8 Å². The predicted octanol–water partition coefficient (Wildman–Crippen LogP) is 4.91. The number of benzene rings is 2. The monoisotopic (exact) mass is 380 g/mol. The highest BCUT2D eigenvalue weighted by atomic mass is 16.6. The Bertz CT molecular complexity index is 944. The molecule has 0 radical (unpaired) electrons. The molecule has 6 nitrogen and oxygen atoms in total. The van der Waals surface area contributed by atoms with Gasteiger partial charge in [-0.2, -0.15) is 0 Å². The number of nitro benzene ring substituents is 1. The van der Waals surface area contributed by atoms with Crippen LogP contribution >= 0.6 is 0 Å². The van der Waals surface area contributed by atoms with Gasteiger partial charge in [-0.1, -0.05) is 12.1 Å². The summed E-state index contributed by atoms with van der Waals surface area (Å²) < 4.78 is 11.3. The number of hydrogen-bond acceptors (Lipinski definition) is 5. The normalized spacial score (nSPS) is 29.6. The van der Waals surface area contributed by atoms with Crippen molar-refractivity contribution in [3.8, 4) is 11.5 Å². The number of hydrogen-bond donors (Lipinski definition) is 1. The molecule has 5 atom stereocenters. The molecule has 0 saturated heterocycles. The minimum atomic E-state index is -0.292. The summed E-state index contributed by atoms with van der Waals surface area (Å²) >= 11 is 0. The quantitative estimate of drug-likeness (QED) is 0.603. The van der Waals surface area contributed by atoms with Gasteiger partial charge in [0.1, 0.15) is 0 Å². The Hall–Kier alpha value is -2.76. The number of ether oxygens (including phenoxy) is 2. The fraction of sp³-hybridized carbons (Fsp3) is 0.455. The highest BCUT2D eigenvalue weighted by Gasteiger charge is 2.54. The molecule has 0 amide bonds. The van der Waals surface area contributed by atoms with Crippen LogP contribution in [0.2, 0.25) is 0 Å². The lowest BCUT2D eigenvalue weighted by molar-refractivity contribution is -0.384. The topological polar surface area (TPSA) is 73.6 Å². The number of non-ortho nitro benzene ring substituents is 1. The van der Waals surface area contributed by atoms with E-state index in [2.05, 4.69) is 11.4 Å². The van der Waals surface area contributed by atoms with Gasteiger partial charge in [-0.3, -0.25) is 10.1 Å².